The third-order valence-corrected chi connectivity index (χ3v) is 4.70. The lowest BCUT2D eigenvalue weighted by Gasteiger charge is -2.17. The molecule has 1 rings (SSSR count). The monoisotopic (exact) mass is 371 g/mol. The number of nitrogens with one attached hydrogen (secondary N) is 1. The topological polar surface area (TPSA) is 110 Å². The average molecular weight is 371 g/mol. The number of hydrogen-bond donors (Lipinski definition) is 2. The predicted octanol–water partition coefficient (Wildman–Crippen LogP) is 1.86. The SMILES string of the molecule is CC(C)[C@H](NC(=O)CCCCOc1ccc(S(C)(=O)=O)cc1)C(=O)O. The molecular formula is C17H25NO6S. The van der Waals surface area contributed by atoms with Crippen LogP contribution in [0.15, 0.2) is 29.2 Å². The van der Waals surface area contributed by atoms with Gasteiger partial charge in [0.05, 0.1) is 11.5 Å². The maximum Gasteiger partial charge on any atom is 0.326 e. The smallest absolute Gasteiger partial charge is 0.326 e. The number of hydrogen-bond acceptors (Lipinski definition) is 5. The zero-order valence-electron chi connectivity index (χ0n) is 14.7. The van der Waals surface area contributed by atoms with Gasteiger partial charge in [0.25, 0.3) is 0 Å². The van der Waals surface area contributed by atoms with Crippen molar-refractivity contribution in [2.75, 3.05) is 12.9 Å². The van der Waals surface area contributed by atoms with Crippen LogP contribution in [-0.4, -0.2) is 44.3 Å². The Balaban J connectivity index is 2.30. The lowest BCUT2D eigenvalue weighted by Crippen LogP contribution is -2.44. The number of aliphatic carboxylic acids is 1. The molecular weight excluding hydrogens is 346 g/mol. The Bertz CT molecular complexity index is 682. The van der Waals surface area contributed by atoms with E-state index in [0.717, 1.165) is 6.26 Å². The number of benzene rings is 1. The van der Waals surface area contributed by atoms with Crippen molar-refractivity contribution >= 4 is 21.7 Å². The second-order valence-electron chi connectivity index (χ2n) is 6.18. The normalized spacial score (nSPS) is 12.6. The molecule has 25 heavy (non-hydrogen) atoms. The maximum absolute atomic E-state index is 11.8. The molecule has 8 heteroatoms. The predicted molar refractivity (Wildman–Crippen MR) is 93.3 cm³/mol. The van der Waals surface area contributed by atoms with Crippen LogP contribution in [0.25, 0.3) is 0 Å². The van der Waals surface area contributed by atoms with Crippen LogP contribution < -0.4 is 10.1 Å². The largest absolute Gasteiger partial charge is 0.494 e. The number of sulfone groups is 1. The highest BCUT2D eigenvalue weighted by Gasteiger charge is 2.22. The van der Waals surface area contributed by atoms with E-state index in [9.17, 15) is 18.0 Å². The van der Waals surface area contributed by atoms with Gasteiger partial charge >= 0.3 is 5.97 Å². The molecule has 140 valence electrons. The highest BCUT2D eigenvalue weighted by atomic mass is 32.2. The van der Waals surface area contributed by atoms with Crippen LogP contribution in [0, 0.1) is 5.92 Å². The zero-order valence-corrected chi connectivity index (χ0v) is 15.5. The van der Waals surface area contributed by atoms with E-state index in [-0.39, 0.29) is 23.1 Å². The molecule has 0 fully saturated rings. The molecule has 7 nitrogen and oxygen atoms in total. The maximum atomic E-state index is 11.8. The van der Waals surface area contributed by atoms with Crippen molar-refractivity contribution in [3.05, 3.63) is 24.3 Å². The molecule has 0 unspecified atom stereocenters. The summed E-state index contributed by atoms with van der Waals surface area (Å²) in [7, 11) is -3.22. The first-order chi connectivity index (χ1) is 11.6. The number of unbranched alkanes of at least 4 members (excludes halogenated alkanes) is 1. The molecule has 1 aromatic rings. The van der Waals surface area contributed by atoms with E-state index in [1.165, 1.54) is 12.1 Å². The van der Waals surface area contributed by atoms with Gasteiger partial charge in [0.1, 0.15) is 11.8 Å². The van der Waals surface area contributed by atoms with Gasteiger partial charge in [0.15, 0.2) is 9.84 Å². The Labute approximate surface area is 148 Å². The molecule has 0 aliphatic heterocycles. The minimum atomic E-state index is -3.22. The number of ether oxygens (including phenoxy) is 1. The van der Waals surface area contributed by atoms with Crippen LogP contribution in [0.4, 0.5) is 0 Å². The van der Waals surface area contributed by atoms with Gasteiger partial charge in [-0.2, -0.15) is 0 Å². The Kier molecular flexibility index (Phi) is 7.89. The number of carbonyl (C=O) groups excluding carboxylic acids is 1. The lowest BCUT2D eigenvalue weighted by molar-refractivity contribution is -0.143. The van der Waals surface area contributed by atoms with Crippen LogP contribution in [-0.2, 0) is 19.4 Å². The standard InChI is InChI=1S/C17H25NO6S/c1-12(2)16(17(20)21)18-15(19)6-4-5-11-24-13-7-9-14(10-8-13)25(3,22)23/h7-10,12,16H,4-6,11H2,1-3H3,(H,18,19)(H,20,21)/t16-/m0/s1. The number of carbonyl (C=O) groups is 2. The highest BCUT2D eigenvalue weighted by molar-refractivity contribution is 7.90. The van der Waals surface area contributed by atoms with Gasteiger partial charge in [-0.1, -0.05) is 13.8 Å². The van der Waals surface area contributed by atoms with Crippen LogP contribution in [0.2, 0.25) is 0 Å². The van der Waals surface area contributed by atoms with Gasteiger partial charge in [-0.3, -0.25) is 4.79 Å². The fourth-order valence-corrected chi connectivity index (χ4v) is 2.75. The van der Waals surface area contributed by atoms with E-state index >= 15 is 0 Å². The molecule has 1 amide bonds. The number of amides is 1. The van der Waals surface area contributed by atoms with E-state index in [1.54, 1.807) is 26.0 Å². The third-order valence-electron chi connectivity index (χ3n) is 3.57. The summed E-state index contributed by atoms with van der Waals surface area (Å²) in [5.41, 5.74) is 0. The molecule has 0 aliphatic carbocycles. The van der Waals surface area contributed by atoms with Crippen LogP contribution in [0.3, 0.4) is 0 Å². The molecule has 0 aromatic heterocycles. The van der Waals surface area contributed by atoms with E-state index in [1.807, 2.05) is 0 Å². The molecule has 0 radical (unpaired) electrons. The lowest BCUT2D eigenvalue weighted by atomic mass is 10.0. The third kappa shape index (κ3) is 7.55. The molecule has 0 bridgehead atoms. The number of rotatable bonds is 10. The zero-order chi connectivity index (χ0) is 19.0. The molecule has 0 saturated carbocycles. The minimum absolute atomic E-state index is 0.181. The summed E-state index contributed by atoms with van der Waals surface area (Å²) in [6, 6.07) is 5.26. The minimum Gasteiger partial charge on any atom is -0.494 e. The van der Waals surface area contributed by atoms with Gasteiger partial charge in [-0.25, -0.2) is 13.2 Å². The Morgan fingerprint density at radius 2 is 1.76 bits per heavy atom. The fraction of sp³-hybridized carbons (Fsp3) is 0.529. The summed E-state index contributed by atoms with van der Waals surface area (Å²) < 4.78 is 28.2. The van der Waals surface area contributed by atoms with Gasteiger partial charge in [-0.15, -0.1) is 0 Å². The number of carboxylic acids is 1. The Hall–Kier alpha value is -2.09. The van der Waals surface area contributed by atoms with E-state index in [2.05, 4.69) is 5.32 Å². The summed E-state index contributed by atoms with van der Waals surface area (Å²) in [6.45, 7) is 3.86. The molecule has 0 heterocycles. The van der Waals surface area contributed by atoms with Gasteiger partial charge < -0.3 is 15.2 Å². The van der Waals surface area contributed by atoms with Crippen molar-refractivity contribution < 1.29 is 27.9 Å². The summed E-state index contributed by atoms with van der Waals surface area (Å²) in [5, 5.41) is 11.5. The second kappa shape index (κ2) is 9.41. The first kappa shape index (κ1) is 21.0. The van der Waals surface area contributed by atoms with Crippen molar-refractivity contribution in [2.45, 2.75) is 44.0 Å². The molecule has 0 spiro atoms. The quantitative estimate of drug-likeness (QED) is 0.608. The van der Waals surface area contributed by atoms with Crippen molar-refractivity contribution in [1.82, 2.24) is 5.32 Å². The first-order valence-electron chi connectivity index (χ1n) is 8.06. The van der Waals surface area contributed by atoms with E-state index in [4.69, 9.17) is 9.84 Å². The molecule has 0 aliphatic rings. The fourth-order valence-electron chi connectivity index (χ4n) is 2.12. The van der Waals surface area contributed by atoms with Crippen molar-refractivity contribution in [1.29, 1.82) is 0 Å². The molecule has 0 saturated heterocycles. The van der Waals surface area contributed by atoms with Crippen molar-refractivity contribution in [3.63, 3.8) is 0 Å². The number of carboxylic acid groups (broad SMARTS) is 1. The molecule has 1 aromatic carbocycles. The van der Waals surface area contributed by atoms with E-state index < -0.39 is 21.8 Å². The molecule has 1 atom stereocenters. The van der Waals surface area contributed by atoms with Crippen molar-refractivity contribution in [2.24, 2.45) is 5.92 Å². The van der Waals surface area contributed by atoms with Crippen LogP contribution in [0.1, 0.15) is 33.1 Å². The van der Waals surface area contributed by atoms with Crippen molar-refractivity contribution in [3.8, 4) is 5.75 Å². The summed E-state index contributed by atoms with van der Waals surface area (Å²) in [5.74, 6) is -0.954. The summed E-state index contributed by atoms with van der Waals surface area (Å²) >= 11 is 0. The van der Waals surface area contributed by atoms with E-state index in [0.29, 0.717) is 25.2 Å². The Morgan fingerprint density at radius 3 is 2.24 bits per heavy atom. The molecule has 2 N–H and O–H groups in total. The highest BCUT2D eigenvalue weighted by Crippen LogP contribution is 2.16. The second-order valence-corrected chi connectivity index (χ2v) is 8.19. The average Bonchev–Trinajstić information content (AvgIpc) is 2.51. The van der Waals surface area contributed by atoms with Gasteiger partial charge in [0.2, 0.25) is 5.91 Å². The van der Waals surface area contributed by atoms with Crippen LogP contribution in [0.5, 0.6) is 5.75 Å². The van der Waals surface area contributed by atoms with Crippen LogP contribution >= 0.6 is 0 Å². The summed E-state index contributed by atoms with van der Waals surface area (Å²) in [6.07, 6.45) is 2.56. The van der Waals surface area contributed by atoms with Gasteiger partial charge in [-0.05, 0) is 43.0 Å². The summed E-state index contributed by atoms with van der Waals surface area (Å²) in [4.78, 5) is 23.0. The Morgan fingerprint density at radius 1 is 1.16 bits per heavy atom. The van der Waals surface area contributed by atoms with Gasteiger partial charge in [0, 0.05) is 12.7 Å². The first-order valence-corrected chi connectivity index (χ1v) is 9.95.